The first-order chi connectivity index (χ1) is 13.4. The fourth-order valence-corrected chi connectivity index (χ4v) is 5.13. The molecule has 1 aromatic rings. The maximum atomic E-state index is 14.1. The average molecular weight is 393 g/mol. The number of carbonyl (C=O) groups is 1. The topological polar surface area (TPSA) is 58.8 Å². The van der Waals surface area contributed by atoms with Gasteiger partial charge in [0, 0.05) is 37.7 Å². The number of hydrogen-bond donors (Lipinski definition) is 1. The maximum absolute atomic E-state index is 14.1. The van der Waals surface area contributed by atoms with Crippen molar-refractivity contribution in [2.45, 2.75) is 50.8 Å². The lowest BCUT2D eigenvalue weighted by molar-refractivity contribution is -0.128. The molecule has 0 aliphatic carbocycles. The third kappa shape index (κ3) is 3.80. The number of hydrogen-bond acceptors (Lipinski definition) is 4. The van der Waals surface area contributed by atoms with Gasteiger partial charge < -0.3 is 15.4 Å². The lowest BCUT2D eigenvalue weighted by Crippen LogP contribution is -2.53. The Morgan fingerprint density at radius 1 is 1.21 bits per heavy atom. The molecule has 3 atom stereocenters. The molecule has 1 amide bonds. The largest absolute Gasteiger partial charge is 0.370 e. The monoisotopic (exact) mass is 393 g/mol. The molecule has 5 nitrogen and oxygen atoms in total. The smallest absolute Gasteiger partial charge is 0.219 e. The Balaban J connectivity index is 1.34. The minimum absolute atomic E-state index is 0.168. The van der Waals surface area contributed by atoms with E-state index in [4.69, 9.17) is 10.5 Å². The summed E-state index contributed by atoms with van der Waals surface area (Å²) in [5, 5.41) is 0. The summed E-state index contributed by atoms with van der Waals surface area (Å²) in [6.07, 6.45) is 3.33. The van der Waals surface area contributed by atoms with E-state index in [1.54, 1.807) is 6.92 Å². The molecule has 3 aliphatic rings. The Labute approximate surface area is 164 Å². The Hall–Kier alpha value is -1.57. The van der Waals surface area contributed by atoms with Gasteiger partial charge in [-0.25, -0.2) is 8.78 Å². The molecule has 0 saturated carbocycles. The van der Waals surface area contributed by atoms with Gasteiger partial charge in [0.15, 0.2) is 0 Å². The van der Waals surface area contributed by atoms with Crippen LogP contribution in [0.5, 0.6) is 0 Å². The summed E-state index contributed by atoms with van der Waals surface area (Å²) in [5.74, 6) is -0.787. The molecule has 3 fully saturated rings. The molecule has 0 unspecified atom stereocenters. The molecule has 1 spiro atoms. The van der Waals surface area contributed by atoms with Crippen LogP contribution in [0.25, 0.3) is 0 Å². The van der Waals surface area contributed by atoms with E-state index in [2.05, 4.69) is 4.90 Å². The van der Waals surface area contributed by atoms with Crippen LogP contribution in [0.2, 0.25) is 0 Å². The molecule has 154 valence electrons. The van der Waals surface area contributed by atoms with E-state index in [9.17, 15) is 13.6 Å². The number of nitrogens with two attached hydrogens (primary N) is 1. The molecular formula is C21H29F2N3O2. The van der Waals surface area contributed by atoms with Crippen LogP contribution in [0.15, 0.2) is 18.2 Å². The summed E-state index contributed by atoms with van der Waals surface area (Å²) in [5.41, 5.74) is 6.77. The number of halogens is 2. The van der Waals surface area contributed by atoms with E-state index < -0.39 is 17.7 Å². The number of carbonyl (C=O) groups excluding carboxylic acids is 1. The van der Waals surface area contributed by atoms with Crippen molar-refractivity contribution < 1.29 is 18.3 Å². The quantitative estimate of drug-likeness (QED) is 0.839. The number of rotatable bonds is 2. The van der Waals surface area contributed by atoms with Crippen molar-refractivity contribution in [3.05, 3.63) is 35.4 Å². The lowest BCUT2D eigenvalue weighted by Gasteiger charge is -2.45. The van der Waals surface area contributed by atoms with E-state index in [0.717, 1.165) is 57.6 Å². The summed E-state index contributed by atoms with van der Waals surface area (Å²) in [6.45, 7) is 5.79. The number of ether oxygens (including phenoxy) is 1. The SMILES string of the molecule is CC(=O)N1CCC2(CCN([C@H]3CO[C@H](c4cc(F)ccc4F)[C@@H](N)C3)CC2)C1. The Morgan fingerprint density at radius 2 is 1.93 bits per heavy atom. The molecule has 3 heterocycles. The van der Waals surface area contributed by atoms with Crippen LogP contribution in [0.4, 0.5) is 8.78 Å². The fourth-order valence-electron chi connectivity index (χ4n) is 5.13. The number of amides is 1. The molecule has 0 radical (unpaired) electrons. The Bertz CT molecular complexity index is 736. The number of benzene rings is 1. The van der Waals surface area contributed by atoms with Gasteiger partial charge in [-0.2, -0.15) is 0 Å². The second-order valence-electron chi connectivity index (χ2n) is 8.70. The zero-order chi connectivity index (χ0) is 19.9. The molecule has 1 aromatic carbocycles. The highest BCUT2D eigenvalue weighted by atomic mass is 19.1. The summed E-state index contributed by atoms with van der Waals surface area (Å²) >= 11 is 0. The van der Waals surface area contributed by atoms with Gasteiger partial charge in [0.1, 0.15) is 17.7 Å². The highest BCUT2D eigenvalue weighted by Gasteiger charge is 2.43. The van der Waals surface area contributed by atoms with Crippen molar-refractivity contribution in [1.29, 1.82) is 0 Å². The maximum Gasteiger partial charge on any atom is 0.219 e. The van der Waals surface area contributed by atoms with Crippen LogP contribution in [-0.2, 0) is 9.53 Å². The Morgan fingerprint density at radius 3 is 2.57 bits per heavy atom. The molecule has 3 saturated heterocycles. The first-order valence-corrected chi connectivity index (χ1v) is 10.2. The molecular weight excluding hydrogens is 364 g/mol. The predicted octanol–water partition coefficient (Wildman–Crippen LogP) is 2.46. The van der Waals surface area contributed by atoms with E-state index in [0.29, 0.717) is 13.0 Å². The molecule has 2 N–H and O–H groups in total. The lowest BCUT2D eigenvalue weighted by atomic mass is 9.77. The highest BCUT2D eigenvalue weighted by molar-refractivity contribution is 5.73. The van der Waals surface area contributed by atoms with Crippen LogP contribution < -0.4 is 5.73 Å². The van der Waals surface area contributed by atoms with Crippen molar-refractivity contribution in [2.75, 3.05) is 32.8 Å². The second-order valence-corrected chi connectivity index (χ2v) is 8.70. The second kappa shape index (κ2) is 7.69. The predicted molar refractivity (Wildman–Crippen MR) is 102 cm³/mol. The summed E-state index contributed by atoms with van der Waals surface area (Å²) in [7, 11) is 0. The van der Waals surface area contributed by atoms with E-state index >= 15 is 0 Å². The van der Waals surface area contributed by atoms with Crippen LogP contribution >= 0.6 is 0 Å². The van der Waals surface area contributed by atoms with Gasteiger partial charge >= 0.3 is 0 Å². The molecule has 7 heteroatoms. The zero-order valence-corrected chi connectivity index (χ0v) is 16.4. The minimum atomic E-state index is -0.609. The summed E-state index contributed by atoms with van der Waals surface area (Å²) in [6, 6.07) is 3.25. The number of nitrogens with zero attached hydrogens (tertiary/aromatic N) is 2. The standard InChI is InChI=1S/C21H29F2N3O2/c1-14(27)26-9-6-21(13-26)4-7-25(8-5-21)16-11-19(24)20(28-12-16)17-10-15(22)2-3-18(17)23/h2-3,10,16,19-20H,4-9,11-13,24H2,1H3/t16-,19+,20-/m1/s1. The van der Waals surface area contributed by atoms with Gasteiger partial charge in [-0.3, -0.25) is 9.69 Å². The van der Waals surface area contributed by atoms with Crippen LogP contribution in [0, 0.1) is 17.0 Å². The van der Waals surface area contributed by atoms with Crippen molar-refractivity contribution in [3.63, 3.8) is 0 Å². The fraction of sp³-hybridized carbons (Fsp3) is 0.667. The Kier molecular flexibility index (Phi) is 5.42. The van der Waals surface area contributed by atoms with Gasteiger partial charge in [0.2, 0.25) is 5.91 Å². The zero-order valence-electron chi connectivity index (χ0n) is 16.4. The number of piperidine rings is 1. The number of likely N-dealkylation sites (tertiary alicyclic amines) is 2. The van der Waals surface area contributed by atoms with Gasteiger partial charge in [0.25, 0.3) is 0 Å². The van der Waals surface area contributed by atoms with Crippen LogP contribution in [0.1, 0.15) is 44.3 Å². The molecule has 4 rings (SSSR count). The normalized spacial score (nSPS) is 30.7. The van der Waals surface area contributed by atoms with Crippen LogP contribution in [0.3, 0.4) is 0 Å². The van der Waals surface area contributed by atoms with Crippen molar-refractivity contribution in [3.8, 4) is 0 Å². The summed E-state index contributed by atoms with van der Waals surface area (Å²) in [4.78, 5) is 16.0. The first kappa shape index (κ1) is 19.7. The van der Waals surface area contributed by atoms with Gasteiger partial charge in [-0.05, 0) is 62.4 Å². The van der Waals surface area contributed by atoms with Crippen molar-refractivity contribution >= 4 is 5.91 Å². The van der Waals surface area contributed by atoms with Gasteiger partial charge in [-0.1, -0.05) is 0 Å². The summed E-state index contributed by atoms with van der Waals surface area (Å²) < 4.78 is 33.5. The molecule has 0 aromatic heterocycles. The molecule has 3 aliphatic heterocycles. The average Bonchev–Trinajstić information content (AvgIpc) is 3.08. The third-order valence-electron chi connectivity index (χ3n) is 6.92. The molecule has 0 bridgehead atoms. The third-order valence-corrected chi connectivity index (χ3v) is 6.92. The highest BCUT2D eigenvalue weighted by Crippen LogP contribution is 2.41. The van der Waals surface area contributed by atoms with E-state index in [1.165, 1.54) is 6.07 Å². The van der Waals surface area contributed by atoms with Crippen molar-refractivity contribution in [1.82, 2.24) is 9.80 Å². The first-order valence-electron chi connectivity index (χ1n) is 10.2. The van der Waals surface area contributed by atoms with E-state index in [1.807, 2.05) is 4.90 Å². The van der Waals surface area contributed by atoms with Gasteiger partial charge in [-0.15, -0.1) is 0 Å². The van der Waals surface area contributed by atoms with E-state index in [-0.39, 0.29) is 29.0 Å². The molecule has 28 heavy (non-hydrogen) atoms. The van der Waals surface area contributed by atoms with Gasteiger partial charge in [0.05, 0.1) is 6.61 Å². The van der Waals surface area contributed by atoms with Crippen LogP contribution in [-0.4, -0.2) is 60.6 Å². The minimum Gasteiger partial charge on any atom is -0.370 e. The van der Waals surface area contributed by atoms with Crippen molar-refractivity contribution in [2.24, 2.45) is 11.1 Å².